The van der Waals surface area contributed by atoms with Crippen LogP contribution in [0.1, 0.15) is 27.4 Å². The van der Waals surface area contributed by atoms with Gasteiger partial charge in [-0.25, -0.2) is 4.98 Å². The van der Waals surface area contributed by atoms with Crippen molar-refractivity contribution in [2.45, 2.75) is 20.4 Å². The largest absolute Gasteiger partial charge is 0.379 e. The topological polar surface area (TPSA) is 86.0 Å². The van der Waals surface area contributed by atoms with Crippen LogP contribution in [-0.4, -0.2) is 52.1 Å². The molecule has 0 aliphatic carbocycles. The zero-order chi connectivity index (χ0) is 20.7. The lowest BCUT2D eigenvalue weighted by atomic mass is 10.1. The highest BCUT2D eigenvalue weighted by Gasteiger charge is 2.14. The lowest BCUT2D eigenvalue weighted by Gasteiger charge is -2.25. The molecule has 0 atom stereocenters. The normalized spacial score (nSPS) is 15.1. The molecule has 1 aliphatic heterocycles. The summed E-state index contributed by atoms with van der Waals surface area (Å²) < 4.78 is 5.40. The number of anilines is 1. The Hall–Kier alpha value is -3.16. The van der Waals surface area contributed by atoms with E-state index in [9.17, 15) is 4.79 Å². The third-order valence-electron chi connectivity index (χ3n) is 5.84. The second kappa shape index (κ2) is 7.59. The summed E-state index contributed by atoms with van der Waals surface area (Å²) in [5, 5.41) is 4.09. The number of benzene rings is 2. The predicted octanol–water partition coefficient (Wildman–Crippen LogP) is 3.75. The molecule has 0 radical (unpaired) electrons. The van der Waals surface area contributed by atoms with Gasteiger partial charge in [0.1, 0.15) is 5.82 Å². The van der Waals surface area contributed by atoms with Crippen molar-refractivity contribution in [1.82, 2.24) is 19.9 Å². The number of hydrogen-bond acceptors (Lipinski definition) is 4. The number of carbonyl (C=O) groups is 1. The van der Waals surface area contributed by atoms with Crippen LogP contribution in [0.2, 0.25) is 0 Å². The molecule has 7 heteroatoms. The van der Waals surface area contributed by atoms with Crippen LogP contribution in [0.15, 0.2) is 36.4 Å². The van der Waals surface area contributed by atoms with Crippen LogP contribution in [0.25, 0.3) is 21.9 Å². The van der Waals surface area contributed by atoms with Gasteiger partial charge in [0.2, 0.25) is 0 Å². The molecule has 1 amide bonds. The summed E-state index contributed by atoms with van der Waals surface area (Å²) in [6, 6.07) is 11.5. The van der Waals surface area contributed by atoms with Crippen molar-refractivity contribution in [2.24, 2.45) is 0 Å². The maximum absolute atomic E-state index is 12.8. The number of imidazole rings is 1. The predicted molar refractivity (Wildman–Crippen MR) is 118 cm³/mol. The summed E-state index contributed by atoms with van der Waals surface area (Å²) in [5.41, 5.74) is 6.55. The Bertz CT molecular complexity index is 1230. The number of amides is 1. The molecule has 1 saturated heterocycles. The van der Waals surface area contributed by atoms with Gasteiger partial charge in [-0.2, -0.15) is 0 Å². The van der Waals surface area contributed by atoms with Gasteiger partial charge in [-0.3, -0.25) is 9.69 Å². The van der Waals surface area contributed by atoms with Crippen molar-refractivity contribution >= 4 is 33.5 Å². The first-order valence-electron chi connectivity index (χ1n) is 10.3. The molecule has 1 aliphatic rings. The lowest BCUT2D eigenvalue weighted by molar-refractivity contribution is 0.0332. The van der Waals surface area contributed by atoms with Gasteiger partial charge in [0.15, 0.2) is 0 Å². The Morgan fingerprint density at radius 2 is 1.93 bits per heavy atom. The number of aryl methyl sites for hydroxylation is 2. The Kier molecular flexibility index (Phi) is 4.77. The molecule has 154 valence electrons. The number of rotatable bonds is 4. The average Bonchev–Trinajstić information content (AvgIpc) is 3.28. The monoisotopic (exact) mass is 403 g/mol. The Labute approximate surface area is 174 Å². The number of fused-ring (bicyclic) bond motifs is 2. The van der Waals surface area contributed by atoms with Crippen molar-refractivity contribution < 1.29 is 9.53 Å². The van der Waals surface area contributed by atoms with Crippen molar-refractivity contribution in [1.29, 1.82) is 0 Å². The molecular weight excluding hydrogens is 378 g/mol. The van der Waals surface area contributed by atoms with E-state index in [0.29, 0.717) is 5.56 Å². The second-order valence-corrected chi connectivity index (χ2v) is 7.89. The van der Waals surface area contributed by atoms with E-state index >= 15 is 0 Å². The number of H-pyrrole nitrogens is 2. The number of nitrogens with one attached hydrogen (secondary N) is 3. The maximum Gasteiger partial charge on any atom is 0.255 e. The van der Waals surface area contributed by atoms with Crippen LogP contribution in [0, 0.1) is 13.8 Å². The van der Waals surface area contributed by atoms with Crippen LogP contribution < -0.4 is 5.32 Å². The molecule has 1 fully saturated rings. The van der Waals surface area contributed by atoms with Crippen LogP contribution >= 0.6 is 0 Å². The zero-order valence-corrected chi connectivity index (χ0v) is 17.2. The number of morpholine rings is 1. The van der Waals surface area contributed by atoms with Gasteiger partial charge in [0.25, 0.3) is 5.91 Å². The fourth-order valence-corrected chi connectivity index (χ4v) is 3.99. The first-order chi connectivity index (χ1) is 14.6. The summed E-state index contributed by atoms with van der Waals surface area (Å²) in [6.45, 7) is 8.26. The van der Waals surface area contributed by atoms with Gasteiger partial charge in [-0.1, -0.05) is 0 Å². The van der Waals surface area contributed by atoms with Crippen molar-refractivity contribution in [3.63, 3.8) is 0 Å². The van der Waals surface area contributed by atoms with Crippen molar-refractivity contribution in [3.8, 4) is 0 Å². The molecule has 3 N–H and O–H groups in total. The summed E-state index contributed by atoms with van der Waals surface area (Å²) in [4.78, 5) is 26.5. The number of carbonyl (C=O) groups excluding carboxylic acids is 1. The first-order valence-corrected chi connectivity index (χ1v) is 10.3. The highest BCUT2D eigenvalue weighted by molar-refractivity contribution is 6.07. The molecule has 3 heterocycles. The first kappa shape index (κ1) is 18.8. The van der Waals surface area contributed by atoms with E-state index < -0.39 is 0 Å². The summed E-state index contributed by atoms with van der Waals surface area (Å²) in [7, 11) is 0. The molecular formula is C23H25N5O2. The van der Waals surface area contributed by atoms with Gasteiger partial charge < -0.3 is 20.0 Å². The van der Waals surface area contributed by atoms with Crippen LogP contribution in [0.4, 0.5) is 5.69 Å². The summed E-state index contributed by atoms with van der Waals surface area (Å²) in [5.74, 6) is 0.807. The molecule has 7 nitrogen and oxygen atoms in total. The molecule has 0 unspecified atom stereocenters. The fraction of sp³-hybridized carbons (Fsp3) is 0.304. The maximum atomic E-state index is 12.8. The number of nitrogens with zero attached hydrogens (tertiary/aromatic N) is 2. The van der Waals surface area contributed by atoms with Crippen LogP contribution in [-0.2, 0) is 11.3 Å². The third-order valence-corrected chi connectivity index (χ3v) is 5.84. The molecule has 5 rings (SSSR count). The van der Waals surface area contributed by atoms with E-state index in [1.54, 1.807) is 0 Å². The third kappa shape index (κ3) is 3.58. The van der Waals surface area contributed by atoms with E-state index in [0.717, 1.165) is 72.0 Å². The minimum absolute atomic E-state index is 0.123. The number of hydrogen-bond donors (Lipinski definition) is 3. The van der Waals surface area contributed by atoms with E-state index in [-0.39, 0.29) is 5.91 Å². The Morgan fingerprint density at radius 3 is 2.77 bits per heavy atom. The summed E-state index contributed by atoms with van der Waals surface area (Å²) in [6.07, 6.45) is 0. The molecule has 2 aromatic carbocycles. The average molecular weight is 403 g/mol. The second-order valence-electron chi connectivity index (χ2n) is 7.89. The molecule has 0 saturated carbocycles. The quantitative estimate of drug-likeness (QED) is 0.484. The lowest BCUT2D eigenvalue weighted by Crippen LogP contribution is -2.35. The minimum atomic E-state index is -0.123. The van der Waals surface area contributed by atoms with Crippen LogP contribution in [0.3, 0.4) is 0 Å². The highest BCUT2D eigenvalue weighted by Crippen LogP contribution is 2.24. The minimum Gasteiger partial charge on any atom is -0.379 e. The van der Waals surface area contributed by atoms with Gasteiger partial charge in [0, 0.05) is 40.9 Å². The van der Waals surface area contributed by atoms with E-state index in [1.165, 1.54) is 5.56 Å². The molecule has 0 spiro atoms. The number of aromatic nitrogens is 3. The SMILES string of the molecule is Cc1[nH]c2ccc(C(=O)Nc3ccc4nc(CN5CCOCC5)[nH]c4c3)cc2c1C. The fourth-order valence-electron chi connectivity index (χ4n) is 3.99. The van der Waals surface area contributed by atoms with Gasteiger partial charge in [-0.05, 0) is 55.8 Å². The molecule has 0 bridgehead atoms. The molecule has 4 aromatic rings. The van der Waals surface area contributed by atoms with Gasteiger partial charge >= 0.3 is 0 Å². The highest BCUT2D eigenvalue weighted by atomic mass is 16.5. The van der Waals surface area contributed by atoms with E-state index in [1.807, 2.05) is 43.3 Å². The van der Waals surface area contributed by atoms with Gasteiger partial charge in [0.05, 0.1) is 30.8 Å². The molecule has 30 heavy (non-hydrogen) atoms. The van der Waals surface area contributed by atoms with Gasteiger partial charge in [-0.15, -0.1) is 0 Å². The smallest absolute Gasteiger partial charge is 0.255 e. The Balaban J connectivity index is 1.34. The van der Waals surface area contributed by atoms with E-state index in [4.69, 9.17) is 4.74 Å². The van der Waals surface area contributed by atoms with Crippen molar-refractivity contribution in [2.75, 3.05) is 31.6 Å². The molecule has 2 aromatic heterocycles. The van der Waals surface area contributed by atoms with E-state index in [2.05, 4.69) is 32.1 Å². The van der Waals surface area contributed by atoms with Crippen LogP contribution in [0.5, 0.6) is 0 Å². The summed E-state index contributed by atoms with van der Waals surface area (Å²) >= 11 is 0. The zero-order valence-electron chi connectivity index (χ0n) is 17.2. The van der Waals surface area contributed by atoms with Crippen molar-refractivity contribution in [3.05, 3.63) is 59.0 Å². The number of aromatic amines is 2. The Morgan fingerprint density at radius 1 is 1.10 bits per heavy atom. The number of ether oxygens (including phenoxy) is 1. The standard InChI is InChI=1S/C23H25N5O2/c1-14-15(2)24-19-5-3-16(11-18(14)19)23(29)25-17-4-6-20-21(12-17)27-22(26-20)13-28-7-9-30-10-8-28/h3-6,11-12,24H,7-10,13H2,1-2H3,(H,25,29)(H,26,27).